The number of hydrogen-bond donors (Lipinski definition) is 3. The fraction of sp³-hybridized carbons (Fsp3) is 0.250. The molecule has 27 heavy (non-hydrogen) atoms. The van der Waals surface area contributed by atoms with Gasteiger partial charge in [-0.15, -0.1) is 0 Å². The minimum absolute atomic E-state index is 0.0381. The Labute approximate surface area is 156 Å². The summed E-state index contributed by atoms with van der Waals surface area (Å²) < 4.78 is 13.5. The average molecular weight is 368 g/mol. The molecule has 0 aliphatic carbocycles. The van der Waals surface area contributed by atoms with Crippen LogP contribution >= 0.6 is 0 Å². The maximum Gasteiger partial charge on any atom is 0.254 e. The van der Waals surface area contributed by atoms with Gasteiger partial charge in [0.05, 0.1) is 22.6 Å². The Balaban J connectivity index is 1.51. The Morgan fingerprint density at radius 3 is 2.78 bits per heavy atom. The number of nitrogens with one attached hydrogen (secondary N) is 3. The minimum atomic E-state index is -0.590. The summed E-state index contributed by atoms with van der Waals surface area (Å²) >= 11 is 0. The lowest BCUT2D eigenvalue weighted by atomic mass is 10.2. The van der Waals surface area contributed by atoms with E-state index < -0.39 is 11.7 Å². The number of rotatable bonds is 6. The van der Waals surface area contributed by atoms with E-state index in [1.807, 2.05) is 32.0 Å². The molecule has 0 bridgehead atoms. The molecule has 0 fully saturated rings. The van der Waals surface area contributed by atoms with Crippen LogP contribution in [0.25, 0.3) is 11.0 Å². The maximum absolute atomic E-state index is 13.5. The molecule has 1 atom stereocenters. The Morgan fingerprint density at radius 1 is 1.22 bits per heavy atom. The largest absolute Gasteiger partial charge is 0.351 e. The molecule has 0 aliphatic heterocycles. The number of benzene rings is 2. The summed E-state index contributed by atoms with van der Waals surface area (Å²) in [6.07, 6.45) is 0.0872. The third-order valence-corrected chi connectivity index (χ3v) is 4.20. The number of H-pyrrole nitrogens is 1. The molecule has 7 heteroatoms. The number of nitrogens with zero attached hydrogens (tertiary/aromatic N) is 1. The molecule has 0 unspecified atom stereocenters. The standard InChI is InChI=1S/C20H21FN4O2/c1-12-7-8-16-17(11-12)25-19(24-16)13(2)23-18(26)9-10-22-20(27)14-5-3-4-6-15(14)21/h3-8,11,13H,9-10H2,1-2H3,(H,22,27)(H,23,26)(H,24,25)/t13-/m0/s1. The van der Waals surface area contributed by atoms with Crippen molar-refractivity contribution in [2.75, 3.05) is 6.54 Å². The molecule has 3 rings (SSSR count). The molecule has 2 aromatic carbocycles. The first-order valence-corrected chi connectivity index (χ1v) is 8.72. The van der Waals surface area contributed by atoms with Crippen molar-refractivity contribution in [2.45, 2.75) is 26.3 Å². The zero-order chi connectivity index (χ0) is 19.4. The fourth-order valence-corrected chi connectivity index (χ4v) is 2.76. The second-order valence-corrected chi connectivity index (χ2v) is 6.42. The highest BCUT2D eigenvalue weighted by Gasteiger charge is 2.15. The van der Waals surface area contributed by atoms with Gasteiger partial charge in [-0.2, -0.15) is 0 Å². The SMILES string of the molecule is Cc1ccc2nc([C@H](C)NC(=O)CCNC(=O)c3ccccc3F)[nH]c2c1. The van der Waals surface area contributed by atoms with E-state index in [0.717, 1.165) is 16.6 Å². The van der Waals surface area contributed by atoms with Crippen LogP contribution in [0.1, 0.15) is 41.1 Å². The van der Waals surface area contributed by atoms with E-state index in [2.05, 4.69) is 20.6 Å². The van der Waals surface area contributed by atoms with Gasteiger partial charge in [0.2, 0.25) is 5.91 Å². The third-order valence-electron chi connectivity index (χ3n) is 4.20. The molecule has 1 heterocycles. The molecule has 2 amide bonds. The van der Waals surface area contributed by atoms with Crippen molar-refractivity contribution in [3.8, 4) is 0 Å². The molecular formula is C20H21FN4O2. The second-order valence-electron chi connectivity index (χ2n) is 6.42. The first-order valence-electron chi connectivity index (χ1n) is 8.72. The summed E-state index contributed by atoms with van der Waals surface area (Å²) in [6, 6.07) is 11.3. The molecule has 3 aromatic rings. The molecule has 6 nitrogen and oxygen atoms in total. The first kappa shape index (κ1) is 18.6. The number of fused-ring (bicyclic) bond motifs is 1. The van der Waals surface area contributed by atoms with Crippen LogP contribution in [0.4, 0.5) is 4.39 Å². The topological polar surface area (TPSA) is 86.9 Å². The molecule has 0 spiro atoms. The Morgan fingerprint density at radius 2 is 2.00 bits per heavy atom. The van der Waals surface area contributed by atoms with Gasteiger partial charge in [0.1, 0.15) is 11.6 Å². The number of carbonyl (C=O) groups excluding carboxylic acids is 2. The van der Waals surface area contributed by atoms with E-state index in [1.165, 1.54) is 18.2 Å². The van der Waals surface area contributed by atoms with E-state index in [-0.39, 0.29) is 30.5 Å². The van der Waals surface area contributed by atoms with Crippen molar-refractivity contribution in [3.63, 3.8) is 0 Å². The number of carbonyl (C=O) groups is 2. The fourth-order valence-electron chi connectivity index (χ4n) is 2.76. The second kappa shape index (κ2) is 7.99. The van der Waals surface area contributed by atoms with Crippen LogP contribution in [0.2, 0.25) is 0 Å². The van der Waals surface area contributed by atoms with Crippen LogP contribution in [0, 0.1) is 12.7 Å². The van der Waals surface area contributed by atoms with Crippen molar-refractivity contribution < 1.29 is 14.0 Å². The smallest absolute Gasteiger partial charge is 0.254 e. The van der Waals surface area contributed by atoms with Gasteiger partial charge >= 0.3 is 0 Å². The summed E-state index contributed by atoms with van der Waals surface area (Å²) in [5.74, 6) is -0.692. The Hall–Kier alpha value is -3.22. The summed E-state index contributed by atoms with van der Waals surface area (Å²) in [6.45, 7) is 3.95. The van der Waals surface area contributed by atoms with Gasteiger partial charge in [0, 0.05) is 13.0 Å². The first-order chi connectivity index (χ1) is 12.9. The zero-order valence-corrected chi connectivity index (χ0v) is 15.2. The minimum Gasteiger partial charge on any atom is -0.351 e. The van der Waals surface area contributed by atoms with Crippen LogP contribution < -0.4 is 10.6 Å². The van der Waals surface area contributed by atoms with Crippen LogP contribution in [0.5, 0.6) is 0 Å². The van der Waals surface area contributed by atoms with Gasteiger partial charge < -0.3 is 15.6 Å². The highest BCUT2D eigenvalue weighted by Crippen LogP contribution is 2.17. The van der Waals surface area contributed by atoms with E-state index in [9.17, 15) is 14.0 Å². The third kappa shape index (κ3) is 4.49. The van der Waals surface area contributed by atoms with Crippen LogP contribution in [-0.2, 0) is 4.79 Å². The van der Waals surface area contributed by atoms with Crippen LogP contribution in [-0.4, -0.2) is 28.3 Å². The van der Waals surface area contributed by atoms with Gasteiger partial charge in [-0.3, -0.25) is 9.59 Å². The molecule has 0 radical (unpaired) electrons. The molecule has 1 aromatic heterocycles. The molecule has 0 saturated carbocycles. The predicted octanol–water partition coefficient (Wildman–Crippen LogP) is 3.01. The summed E-state index contributed by atoms with van der Waals surface area (Å²) in [5.41, 5.74) is 2.85. The number of aromatic amines is 1. The number of hydrogen-bond acceptors (Lipinski definition) is 3. The van der Waals surface area contributed by atoms with Gasteiger partial charge in [-0.25, -0.2) is 9.37 Å². The van der Waals surface area contributed by atoms with E-state index >= 15 is 0 Å². The molecule has 0 aliphatic rings. The lowest BCUT2D eigenvalue weighted by molar-refractivity contribution is -0.121. The van der Waals surface area contributed by atoms with Gasteiger partial charge in [0.15, 0.2) is 0 Å². The number of aryl methyl sites for hydroxylation is 1. The van der Waals surface area contributed by atoms with Gasteiger partial charge in [0.25, 0.3) is 5.91 Å². The normalized spacial score (nSPS) is 12.0. The van der Waals surface area contributed by atoms with Gasteiger partial charge in [-0.1, -0.05) is 18.2 Å². The Kier molecular flexibility index (Phi) is 5.49. The average Bonchev–Trinajstić information content (AvgIpc) is 3.05. The summed E-state index contributed by atoms with van der Waals surface area (Å²) in [4.78, 5) is 31.7. The van der Waals surface area contributed by atoms with E-state index in [1.54, 1.807) is 6.07 Å². The quantitative estimate of drug-likeness (QED) is 0.625. The van der Waals surface area contributed by atoms with Crippen molar-refractivity contribution >= 4 is 22.8 Å². The molecule has 3 N–H and O–H groups in total. The van der Waals surface area contributed by atoms with Crippen molar-refractivity contribution in [1.82, 2.24) is 20.6 Å². The van der Waals surface area contributed by atoms with Gasteiger partial charge in [-0.05, 0) is 43.7 Å². The number of imidazole rings is 1. The van der Waals surface area contributed by atoms with E-state index in [0.29, 0.717) is 5.82 Å². The highest BCUT2D eigenvalue weighted by molar-refractivity contribution is 5.94. The lowest BCUT2D eigenvalue weighted by Gasteiger charge is -2.12. The van der Waals surface area contributed by atoms with Crippen molar-refractivity contribution in [2.24, 2.45) is 0 Å². The van der Waals surface area contributed by atoms with Crippen molar-refractivity contribution in [1.29, 1.82) is 0 Å². The molecule has 140 valence electrons. The van der Waals surface area contributed by atoms with Crippen LogP contribution in [0.15, 0.2) is 42.5 Å². The summed E-state index contributed by atoms with van der Waals surface area (Å²) in [5, 5.41) is 5.39. The maximum atomic E-state index is 13.5. The molecule has 0 saturated heterocycles. The number of amides is 2. The predicted molar refractivity (Wildman–Crippen MR) is 101 cm³/mol. The monoisotopic (exact) mass is 368 g/mol. The zero-order valence-electron chi connectivity index (χ0n) is 15.2. The number of aromatic nitrogens is 2. The van der Waals surface area contributed by atoms with Crippen LogP contribution in [0.3, 0.4) is 0 Å². The summed E-state index contributed by atoms with van der Waals surface area (Å²) in [7, 11) is 0. The highest BCUT2D eigenvalue weighted by atomic mass is 19.1. The lowest BCUT2D eigenvalue weighted by Crippen LogP contribution is -2.32. The van der Waals surface area contributed by atoms with E-state index in [4.69, 9.17) is 0 Å². The van der Waals surface area contributed by atoms with Crippen molar-refractivity contribution in [3.05, 3.63) is 65.2 Å². The number of halogens is 1. The molecular weight excluding hydrogens is 347 g/mol. The Bertz CT molecular complexity index is 983.